The Labute approximate surface area is 122 Å². The van der Waals surface area contributed by atoms with E-state index in [-0.39, 0.29) is 5.69 Å². The Morgan fingerprint density at radius 2 is 2.29 bits per heavy atom. The lowest BCUT2D eigenvalue weighted by molar-refractivity contribution is 0.0593. The van der Waals surface area contributed by atoms with Crippen molar-refractivity contribution >= 4 is 23.2 Å². The molecule has 0 fully saturated rings. The van der Waals surface area contributed by atoms with Crippen LogP contribution in [0.3, 0.4) is 0 Å². The van der Waals surface area contributed by atoms with Crippen molar-refractivity contribution in [1.82, 2.24) is 9.97 Å². The topological polar surface area (TPSA) is 76.1 Å². The Morgan fingerprint density at radius 1 is 1.38 bits per heavy atom. The lowest BCUT2D eigenvalue weighted by Gasteiger charge is -2.19. The first-order valence-electron chi connectivity index (χ1n) is 6.80. The number of nitrogens with one attached hydrogen (secondary N) is 2. The third-order valence-electron chi connectivity index (χ3n) is 3.35. The SMILES string of the molecule is COC(=O)c1cncc(Nc2ccc3c(c2)CCCN3)n1. The van der Waals surface area contributed by atoms with Crippen molar-refractivity contribution in [3.63, 3.8) is 0 Å². The monoisotopic (exact) mass is 284 g/mol. The van der Waals surface area contributed by atoms with E-state index >= 15 is 0 Å². The van der Waals surface area contributed by atoms with Gasteiger partial charge in [-0.25, -0.2) is 9.78 Å². The molecule has 0 saturated heterocycles. The van der Waals surface area contributed by atoms with E-state index in [1.165, 1.54) is 24.6 Å². The highest BCUT2D eigenvalue weighted by atomic mass is 16.5. The van der Waals surface area contributed by atoms with E-state index in [0.717, 1.165) is 25.1 Å². The summed E-state index contributed by atoms with van der Waals surface area (Å²) in [5, 5.41) is 6.53. The number of hydrogen-bond acceptors (Lipinski definition) is 6. The lowest BCUT2D eigenvalue weighted by Crippen LogP contribution is -2.11. The van der Waals surface area contributed by atoms with E-state index < -0.39 is 5.97 Å². The molecule has 0 amide bonds. The van der Waals surface area contributed by atoms with E-state index in [1.54, 1.807) is 6.20 Å². The molecule has 0 radical (unpaired) electrons. The second kappa shape index (κ2) is 5.78. The maximum atomic E-state index is 11.4. The van der Waals surface area contributed by atoms with Crippen molar-refractivity contribution in [2.45, 2.75) is 12.8 Å². The van der Waals surface area contributed by atoms with Crippen LogP contribution in [0.2, 0.25) is 0 Å². The molecule has 1 aromatic heterocycles. The van der Waals surface area contributed by atoms with E-state index in [9.17, 15) is 4.79 Å². The van der Waals surface area contributed by atoms with Crippen LogP contribution >= 0.6 is 0 Å². The van der Waals surface area contributed by atoms with Gasteiger partial charge >= 0.3 is 5.97 Å². The van der Waals surface area contributed by atoms with Gasteiger partial charge in [0.05, 0.1) is 19.5 Å². The maximum absolute atomic E-state index is 11.4. The molecule has 0 saturated carbocycles. The Morgan fingerprint density at radius 3 is 3.14 bits per heavy atom. The summed E-state index contributed by atoms with van der Waals surface area (Å²) in [6, 6.07) is 6.12. The molecule has 21 heavy (non-hydrogen) atoms. The number of benzene rings is 1. The van der Waals surface area contributed by atoms with Crippen molar-refractivity contribution in [1.29, 1.82) is 0 Å². The zero-order valence-corrected chi connectivity index (χ0v) is 11.7. The first kappa shape index (κ1) is 13.4. The fourth-order valence-electron chi connectivity index (χ4n) is 2.33. The Hall–Kier alpha value is -2.63. The number of nitrogens with zero attached hydrogens (tertiary/aromatic N) is 2. The van der Waals surface area contributed by atoms with E-state index in [4.69, 9.17) is 0 Å². The quantitative estimate of drug-likeness (QED) is 0.843. The molecule has 108 valence electrons. The number of carbonyl (C=O) groups is 1. The summed E-state index contributed by atoms with van der Waals surface area (Å²) in [5.41, 5.74) is 3.57. The molecule has 0 unspecified atom stereocenters. The van der Waals surface area contributed by atoms with Crippen molar-refractivity contribution in [3.05, 3.63) is 41.9 Å². The number of anilines is 3. The van der Waals surface area contributed by atoms with Gasteiger partial charge in [-0.2, -0.15) is 0 Å². The van der Waals surface area contributed by atoms with Crippen LogP contribution in [0.15, 0.2) is 30.6 Å². The van der Waals surface area contributed by atoms with Crippen molar-refractivity contribution in [2.75, 3.05) is 24.3 Å². The lowest BCUT2D eigenvalue weighted by atomic mass is 10.0. The first-order valence-corrected chi connectivity index (χ1v) is 6.80. The summed E-state index contributed by atoms with van der Waals surface area (Å²) in [6.45, 7) is 1.02. The van der Waals surface area contributed by atoms with Gasteiger partial charge in [0.15, 0.2) is 5.69 Å². The molecule has 1 aliphatic rings. The largest absolute Gasteiger partial charge is 0.464 e. The van der Waals surface area contributed by atoms with Gasteiger partial charge < -0.3 is 15.4 Å². The fourth-order valence-corrected chi connectivity index (χ4v) is 2.33. The molecule has 6 heteroatoms. The standard InChI is InChI=1S/C15H16N4O2/c1-21-15(20)13-8-16-9-14(19-13)18-11-4-5-12-10(7-11)3-2-6-17-12/h4-5,7-9,17H,2-3,6H2,1H3,(H,18,19). The normalized spacial score (nSPS) is 13.0. The number of carbonyl (C=O) groups excluding carboxylic acids is 1. The van der Waals surface area contributed by atoms with Crippen molar-refractivity contribution in [3.8, 4) is 0 Å². The van der Waals surface area contributed by atoms with Gasteiger partial charge in [-0.1, -0.05) is 0 Å². The van der Waals surface area contributed by atoms with Crippen LogP contribution in [-0.4, -0.2) is 29.6 Å². The molecule has 0 atom stereocenters. The number of esters is 1. The smallest absolute Gasteiger partial charge is 0.358 e. The number of fused-ring (bicyclic) bond motifs is 1. The van der Waals surface area contributed by atoms with E-state index in [1.807, 2.05) is 6.07 Å². The molecular formula is C15H16N4O2. The molecule has 2 N–H and O–H groups in total. The number of hydrogen-bond donors (Lipinski definition) is 2. The van der Waals surface area contributed by atoms with Crippen LogP contribution in [0, 0.1) is 0 Å². The summed E-state index contributed by atoms with van der Waals surface area (Å²) >= 11 is 0. The second-order valence-electron chi connectivity index (χ2n) is 4.81. The summed E-state index contributed by atoms with van der Waals surface area (Å²) < 4.78 is 4.64. The Bertz CT molecular complexity index is 672. The van der Waals surface area contributed by atoms with Crippen LogP contribution in [0.1, 0.15) is 22.5 Å². The highest BCUT2D eigenvalue weighted by molar-refractivity contribution is 5.87. The molecule has 0 spiro atoms. The second-order valence-corrected chi connectivity index (χ2v) is 4.81. The van der Waals surface area contributed by atoms with Crippen LogP contribution in [-0.2, 0) is 11.2 Å². The molecule has 1 aromatic carbocycles. The molecular weight excluding hydrogens is 268 g/mol. The van der Waals surface area contributed by atoms with Gasteiger partial charge in [-0.3, -0.25) is 4.98 Å². The van der Waals surface area contributed by atoms with Gasteiger partial charge in [-0.15, -0.1) is 0 Å². The van der Waals surface area contributed by atoms with Gasteiger partial charge in [0.25, 0.3) is 0 Å². The van der Waals surface area contributed by atoms with Gasteiger partial charge in [0.2, 0.25) is 0 Å². The fraction of sp³-hybridized carbons (Fsp3) is 0.267. The summed E-state index contributed by atoms with van der Waals surface area (Å²) in [7, 11) is 1.32. The predicted octanol–water partition coefficient (Wildman–Crippen LogP) is 2.36. The number of methoxy groups -OCH3 is 1. The minimum absolute atomic E-state index is 0.183. The summed E-state index contributed by atoms with van der Waals surface area (Å²) in [5.74, 6) is 0.0161. The Balaban J connectivity index is 1.82. The zero-order valence-electron chi connectivity index (χ0n) is 11.7. The average Bonchev–Trinajstić information content (AvgIpc) is 2.54. The number of aromatic nitrogens is 2. The van der Waals surface area contributed by atoms with Gasteiger partial charge in [0.1, 0.15) is 5.82 Å². The molecule has 2 aromatic rings. The molecule has 0 bridgehead atoms. The zero-order chi connectivity index (χ0) is 14.7. The van der Waals surface area contributed by atoms with Crippen LogP contribution in [0.25, 0.3) is 0 Å². The molecule has 6 nitrogen and oxygen atoms in total. The van der Waals surface area contributed by atoms with E-state index in [2.05, 4.69) is 37.5 Å². The summed E-state index contributed by atoms with van der Waals surface area (Å²) in [4.78, 5) is 19.6. The maximum Gasteiger partial charge on any atom is 0.358 e. The van der Waals surface area contributed by atoms with Crippen LogP contribution < -0.4 is 10.6 Å². The highest BCUT2D eigenvalue weighted by Crippen LogP contribution is 2.26. The number of rotatable bonds is 3. The minimum atomic E-state index is -0.499. The third-order valence-corrected chi connectivity index (χ3v) is 3.35. The number of aryl methyl sites for hydroxylation is 1. The third kappa shape index (κ3) is 2.94. The van der Waals surface area contributed by atoms with Crippen LogP contribution in [0.5, 0.6) is 0 Å². The first-order chi connectivity index (χ1) is 10.3. The molecule has 3 rings (SSSR count). The van der Waals surface area contributed by atoms with Gasteiger partial charge in [-0.05, 0) is 36.6 Å². The molecule has 0 aliphatic carbocycles. The van der Waals surface area contributed by atoms with Crippen LogP contribution in [0.4, 0.5) is 17.2 Å². The average molecular weight is 284 g/mol. The van der Waals surface area contributed by atoms with Gasteiger partial charge in [0, 0.05) is 17.9 Å². The summed E-state index contributed by atoms with van der Waals surface area (Å²) in [6.07, 6.45) is 5.15. The van der Waals surface area contributed by atoms with E-state index in [0.29, 0.717) is 5.82 Å². The number of ether oxygens (including phenoxy) is 1. The predicted molar refractivity (Wildman–Crippen MR) is 79.9 cm³/mol. The Kier molecular flexibility index (Phi) is 3.68. The molecule has 2 heterocycles. The van der Waals surface area contributed by atoms with Crippen molar-refractivity contribution < 1.29 is 9.53 Å². The van der Waals surface area contributed by atoms with Crippen molar-refractivity contribution in [2.24, 2.45) is 0 Å². The minimum Gasteiger partial charge on any atom is -0.464 e. The molecule has 1 aliphatic heterocycles. The highest BCUT2D eigenvalue weighted by Gasteiger charge is 2.11.